The second-order valence-electron chi connectivity index (χ2n) is 7.31. The molecule has 0 spiro atoms. The number of likely N-dealkylation sites (tertiary alicyclic amines) is 1. The van der Waals surface area contributed by atoms with Crippen LogP contribution < -0.4 is 11.1 Å². The van der Waals surface area contributed by atoms with Gasteiger partial charge in [0, 0.05) is 25.0 Å². The molecule has 1 aliphatic heterocycles. The Morgan fingerprint density at radius 2 is 2.12 bits per heavy atom. The molecule has 1 aromatic heterocycles. The highest BCUT2D eigenvalue weighted by Crippen LogP contribution is 2.46. The third kappa shape index (κ3) is 2.60. The lowest BCUT2D eigenvalue weighted by Gasteiger charge is -2.26. The maximum atomic E-state index is 12.3. The van der Waals surface area contributed by atoms with Crippen LogP contribution in [0.3, 0.4) is 0 Å². The molecule has 1 saturated heterocycles. The van der Waals surface area contributed by atoms with Crippen molar-refractivity contribution in [3.8, 4) is 0 Å². The van der Waals surface area contributed by atoms with Crippen LogP contribution in [0, 0.1) is 11.8 Å². The van der Waals surface area contributed by atoms with Crippen LogP contribution in [0.4, 0.5) is 0 Å². The molecule has 2 amide bonds. The Morgan fingerprint density at radius 3 is 2.67 bits per heavy atom. The normalized spacial score (nSPS) is 30.5. The zero-order chi connectivity index (χ0) is 16.8. The molecule has 2 aliphatic carbocycles. The summed E-state index contributed by atoms with van der Waals surface area (Å²) in [4.78, 5) is 30.3. The number of nitrogens with two attached hydrogens (primary N) is 1. The molecule has 3 N–H and O–H groups in total. The summed E-state index contributed by atoms with van der Waals surface area (Å²) in [5, 5.41) is 3.06. The number of carbonyl (C=O) groups excluding carboxylic acids is 2. The summed E-state index contributed by atoms with van der Waals surface area (Å²) in [5.41, 5.74) is 5.83. The van der Waals surface area contributed by atoms with Gasteiger partial charge in [-0.15, -0.1) is 0 Å². The van der Waals surface area contributed by atoms with E-state index in [9.17, 15) is 9.59 Å². The van der Waals surface area contributed by atoms with Crippen molar-refractivity contribution in [2.75, 3.05) is 13.1 Å². The van der Waals surface area contributed by atoms with Crippen LogP contribution >= 0.6 is 0 Å². The highest BCUT2D eigenvalue weighted by atomic mass is 16.3. The summed E-state index contributed by atoms with van der Waals surface area (Å²) in [5.74, 6) is 1.50. The third-order valence-corrected chi connectivity index (χ3v) is 5.88. The molecule has 130 valence electrons. The molecule has 2 unspecified atom stereocenters. The zero-order valence-electron chi connectivity index (χ0n) is 13.9. The molecule has 1 aromatic rings. The quantitative estimate of drug-likeness (QED) is 0.805. The van der Waals surface area contributed by atoms with Gasteiger partial charge in [0.1, 0.15) is 6.26 Å². The number of fused-ring (bicyclic) bond motifs is 1. The Kier molecular flexibility index (Phi) is 3.83. The van der Waals surface area contributed by atoms with Crippen LogP contribution in [-0.2, 0) is 4.79 Å². The molecule has 4 atom stereocenters. The van der Waals surface area contributed by atoms with Crippen molar-refractivity contribution in [1.82, 2.24) is 15.2 Å². The first kappa shape index (κ1) is 15.6. The number of oxazole rings is 1. The highest BCUT2D eigenvalue weighted by molar-refractivity contribution is 5.92. The molecule has 3 aliphatic rings. The van der Waals surface area contributed by atoms with Crippen LogP contribution in [0.5, 0.6) is 0 Å². The van der Waals surface area contributed by atoms with E-state index in [4.69, 9.17) is 10.2 Å². The minimum atomic E-state index is -0.259. The smallest absolute Gasteiger partial charge is 0.273 e. The number of nitrogens with one attached hydrogen (secondary N) is 1. The second-order valence-corrected chi connectivity index (χ2v) is 7.31. The minimum absolute atomic E-state index is 0.155. The number of hydrogen-bond acceptors (Lipinski definition) is 5. The lowest BCUT2D eigenvalue weighted by molar-refractivity contribution is -0.123. The summed E-state index contributed by atoms with van der Waals surface area (Å²) >= 11 is 0. The zero-order valence-corrected chi connectivity index (χ0v) is 13.9. The van der Waals surface area contributed by atoms with E-state index in [1.807, 2.05) is 6.92 Å². The summed E-state index contributed by atoms with van der Waals surface area (Å²) in [6.07, 6.45) is 5.61. The molecule has 3 fully saturated rings. The first-order chi connectivity index (χ1) is 11.6. The van der Waals surface area contributed by atoms with Gasteiger partial charge in [0.25, 0.3) is 5.91 Å². The van der Waals surface area contributed by atoms with Gasteiger partial charge in [-0.1, -0.05) is 13.3 Å². The maximum absolute atomic E-state index is 12.3. The number of carbonyl (C=O) groups is 2. The van der Waals surface area contributed by atoms with Gasteiger partial charge in [-0.25, -0.2) is 4.98 Å². The Morgan fingerprint density at radius 1 is 1.42 bits per heavy atom. The third-order valence-electron chi connectivity index (χ3n) is 5.88. The Bertz CT molecular complexity index is 642. The van der Waals surface area contributed by atoms with E-state index in [2.05, 4.69) is 15.2 Å². The van der Waals surface area contributed by atoms with Crippen LogP contribution in [0.1, 0.15) is 54.9 Å². The first-order valence-corrected chi connectivity index (χ1v) is 8.88. The van der Waals surface area contributed by atoms with Gasteiger partial charge in [0.15, 0.2) is 11.6 Å². The van der Waals surface area contributed by atoms with Crippen LogP contribution in [0.15, 0.2) is 10.7 Å². The van der Waals surface area contributed by atoms with Gasteiger partial charge in [-0.3, -0.25) is 14.5 Å². The lowest BCUT2D eigenvalue weighted by atomic mass is 9.85. The fourth-order valence-electron chi connectivity index (χ4n) is 4.13. The van der Waals surface area contributed by atoms with Gasteiger partial charge in [0.2, 0.25) is 5.91 Å². The number of aromatic nitrogens is 1. The maximum Gasteiger partial charge on any atom is 0.273 e. The van der Waals surface area contributed by atoms with Crippen molar-refractivity contribution in [2.45, 2.75) is 50.6 Å². The molecule has 4 rings (SSSR count). The average molecular weight is 332 g/mol. The number of rotatable bonds is 6. The van der Waals surface area contributed by atoms with Crippen molar-refractivity contribution in [1.29, 1.82) is 0 Å². The summed E-state index contributed by atoms with van der Waals surface area (Å²) < 4.78 is 5.44. The number of primary amides is 1. The SMILES string of the molecule is CCC(C(N)=O)N1C[C@@H]2C(NC(=O)c3coc(C4CCC4)n3)[C@@H]2C1. The standard InChI is InChI=1S/C17H24N4O3/c1-2-13(15(18)22)21-6-10-11(7-21)14(10)20-16(23)12-8-24-17(19-12)9-4-3-5-9/h8-11,13-14H,2-7H2,1H3,(H2,18,22)(H,20,23)/t10-,11+,13?,14?. The summed E-state index contributed by atoms with van der Waals surface area (Å²) in [6, 6.07) is -0.00212. The predicted octanol–water partition coefficient (Wildman–Crippen LogP) is 0.866. The van der Waals surface area contributed by atoms with Gasteiger partial charge < -0.3 is 15.5 Å². The van der Waals surface area contributed by atoms with Gasteiger partial charge in [0.05, 0.1) is 6.04 Å². The van der Waals surface area contributed by atoms with E-state index < -0.39 is 0 Å². The minimum Gasteiger partial charge on any atom is -0.448 e. The van der Waals surface area contributed by atoms with Gasteiger partial charge >= 0.3 is 0 Å². The topological polar surface area (TPSA) is 101 Å². The van der Waals surface area contributed by atoms with E-state index >= 15 is 0 Å². The van der Waals surface area contributed by atoms with E-state index in [0.717, 1.165) is 32.4 Å². The molecule has 0 bridgehead atoms. The van der Waals surface area contributed by atoms with E-state index in [0.29, 0.717) is 29.3 Å². The fourth-order valence-corrected chi connectivity index (χ4v) is 4.13. The molecular formula is C17H24N4O3. The summed E-state index contributed by atoms with van der Waals surface area (Å²) in [7, 11) is 0. The predicted molar refractivity (Wildman–Crippen MR) is 86.2 cm³/mol. The Labute approximate surface area is 141 Å². The summed E-state index contributed by atoms with van der Waals surface area (Å²) in [6.45, 7) is 3.62. The van der Waals surface area contributed by atoms with Gasteiger partial charge in [-0.05, 0) is 31.1 Å². The van der Waals surface area contributed by atoms with Crippen LogP contribution in [-0.4, -0.2) is 46.9 Å². The van der Waals surface area contributed by atoms with Crippen molar-refractivity contribution in [2.24, 2.45) is 17.6 Å². The van der Waals surface area contributed by atoms with E-state index in [1.165, 1.54) is 12.7 Å². The molecule has 7 nitrogen and oxygen atoms in total. The fraction of sp³-hybridized carbons (Fsp3) is 0.706. The van der Waals surface area contributed by atoms with Crippen LogP contribution in [0.25, 0.3) is 0 Å². The monoisotopic (exact) mass is 332 g/mol. The molecule has 7 heteroatoms. The molecule has 0 radical (unpaired) electrons. The van der Waals surface area contributed by atoms with Gasteiger partial charge in [-0.2, -0.15) is 0 Å². The Hall–Kier alpha value is -1.89. The van der Waals surface area contributed by atoms with Crippen molar-refractivity contribution in [3.63, 3.8) is 0 Å². The Balaban J connectivity index is 1.30. The van der Waals surface area contributed by atoms with Crippen LogP contribution in [0.2, 0.25) is 0 Å². The first-order valence-electron chi connectivity index (χ1n) is 8.88. The number of amides is 2. The molecule has 2 heterocycles. The molecular weight excluding hydrogens is 308 g/mol. The van der Waals surface area contributed by atoms with Crippen molar-refractivity contribution >= 4 is 11.8 Å². The van der Waals surface area contributed by atoms with E-state index in [-0.39, 0.29) is 23.9 Å². The number of hydrogen-bond donors (Lipinski definition) is 2. The van der Waals surface area contributed by atoms with Crippen molar-refractivity contribution < 1.29 is 14.0 Å². The van der Waals surface area contributed by atoms with Crippen molar-refractivity contribution in [3.05, 3.63) is 17.8 Å². The largest absolute Gasteiger partial charge is 0.448 e. The number of piperidine rings is 1. The molecule has 0 aromatic carbocycles. The van der Waals surface area contributed by atoms with E-state index in [1.54, 1.807) is 0 Å². The molecule has 2 saturated carbocycles. The second kappa shape index (κ2) is 5.88. The average Bonchev–Trinajstić information content (AvgIpc) is 2.90. The highest BCUT2D eigenvalue weighted by Gasteiger charge is 2.57. The lowest BCUT2D eigenvalue weighted by Crippen LogP contribution is -2.46. The molecule has 24 heavy (non-hydrogen) atoms. The number of nitrogens with zero attached hydrogens (tertiary/aromatic N) is 2.